The zero-order valence-electron chi connectivity index (χ0n) is 18.4. The van der Waals surface area contributed by atoms with Crippen molar-refractivity contribution >= 4 is 16.9 Å². The Morgan fingerprint density at radius 3 is 2.71 bits per heavy atom. The number of aryl methyl sites for hydroxylation is 1. The third-order valence-corrected chi connectivity index (χ3v) is 5.67. The number of carbonyl (C=O) groups is 1. The summed E-state index contributed by atoms with van der Waals surface area (Å²) in [5.74, 6) is 0.272. The molecule has 1 saturated carbocycles. The van der Waals surface area contributed by atoms with Crippen LogP contribution in [0.25, 0.3) is 16.6 Å². The van der Waals surface area contributed by atoms with Crippen molar-refractivity contribution in [2.24, 2.45) is 0 Å². The molecule has 1 unspecified atom stereocenters. The Kier molecular flexibility index (Phi) is 6.30. The van der Waals surface area contributed by atoms with E-state index in [2.05, 4.69) is 22.9 Å². The fraction of sp³-hybridized carbons (Fsp3) is 0.400. The first kappa shape index (κ1) is 21.4. The van der Waals surface area contributed by atoms with Gasteiger partial charge < -0.3 is 24.5 Å². The van der Waals surface area contributed by atoms with E-state index in [4.69, 9.17) is 9.47 Å². The summed E-state index contributed by atoms with van der Waals surface area (Å²) in [5.41, 5.74) is 4.42. The lowest BCUT2D eigenvalue weighted by Gasteiger charge is -2.14. The quantitative estimate of drug-likeness (QED) is 0.512. The molecule has 0 aliphatic heterocycles. The normalized spacial score (nSPS) is 14.6. The second kappa shape index (κ2) is 9.12. The summed E-state index contributed by atoms with van der Waals surface area (Å²) in [6.45, 7) is 6.82. The van der Waals surface area contributed by atoms with Crippen LogP contribution in [0.5, 0.6) is 5.75 Å². The van der Waals surface area contributed by atoms with Crippen LogP contribution in [0, 0.1) is 13.8 Å². The standard InChI is InChI=1S/C25H30N2O4/c1-4-30-25(29)24-17(3)27(22-8-6-5-7-16(22)2)23-12-11-20(13-21(23)24)31-15-19(28)14-26-18-9-10-18/h5-8,11-13,18-19,26,28H,4,9-10,14-15H2,1-3H3. The highest BCUT2D eigenvalue weighted by Crippen LogP contribution is 2.33. The SMILES string of the molecule is CCOC(=O)c1c(C)n(-c2ccccc2C)c2ccc(OCC(O)CNC3CC3)cc12. The van der Waals surface area contributed by atoms with E-state index in [1.165, 1.54) is 12.8 Å². The molecule has 0 spiro atoms. The van der Waals surface area contributed by atoms with Crippen LogP contribution in [0.2, 0.25) is 0 Å². The number of aliphatic hydroxyl groups excluding tert-OH is 1. The molecule has 164 valence electrons. The lowest BCUT2D eigenvalue weighted by atomic mass is 10.1. The first-order valence-corrected chi connectivity index (χ1v) is 10.9. The third kappa shape index (κ3) is 4.60. The van der Waals surface area contributed by atoms with Gasteiger partial charge in [-0.1, -0.05) is 18.2 Å². The highest BCUT2D eigenvalue weighted by atomic mass is 16.5. The van der Waals surface area contributed by atoms with Crippen LogP contribution in [0.3, 0.4) is 0 Å². The van der Waals surface area contributed by atoms with Gasteiger partial charge in [-0.3, -0.25) is 0 Å². The number of fused-ring (bicyclic) bond motifs is 1. The van der Waals surface area contributed by atoms with Crippen molar-refractivity contribution < 1.29 is 19.4 Å². The van der Waals surface area contributed by atoms with Crippen LogP contribution in [0.15, 0.2) is 42.5 Å². The van der Waals surface area contributed by atoms with Gasteiger partial charge in [-0.15, -0.1) is 0 Å². The van der Waals surface area contributed by atoms with Crippen LogP contribution in [-0.2, 0) is 4.74 Å². The number of hydrogen-bond acceptors (Lipinski definition) is 5. The van der Waals surface area contributed by atoms with Crippen molar-refractivity contribution in [3.63, 3.8) is 0 Å². The Morgan fingerprint density at radius 2 is 2.00 bits per heavy atom. The molecule has 1 aliphatic rings. The van der Waals surface area contributed by atoms with Crippen molar-refractivity contribution in [2.75, 3.05) is 19.8 Å². The molecule has 4 rings (SSSR count). The van der Waals surface area contributed by atoms with Crippen molar-refractivity contribution in [3.8, 4) is 11.4 Å². The molecule has 2 N–H and O–H groups in total. The summed E-state index contributed by atoms with van der Waals surface area (Å²) < 4.78 is 13.3. The van der Waals surface area contributed by atoms with Crippen molar-refractivity contribution in [1.82, 2.24) is 9.88 Å². The smallest absolute Gasteiger partial charge is 0.340 e. The fourth-order valence-corrected chi connectivity index (χ4v) is 3.91. The number of esters is 1. The van der Waals surface area contributed by atoms with Crippen LogP contribution in [-0.4, -0.2) is 47.5 Å². The van der Waals surface area contributed by atoms with E-state index >= 15 is 0 Å². The molecule has 6 nitrogen and oxygen atoms in total. The largest absolute Gasteiger partial charge is 0.491 e. The van der Waals surface area contributed by atoms with E-state index in [1.54, 1.807) is 6.92 Å². The van der Waals surface area contributed by atoms with Gasteiger partial charge in [-0.05, 0) is 63.4 Å². The molecular formula is C25H30N2O4. The van der Waals surface area contributed by atoms with Crippen molar-refractivity contribution in [1.29, 1.82) is 0 Å². The molecule has 1 heterocycles. The molecule has 1 aromatic heterocycles. The Hall–Kier alpha value is -2.83. The third-order valence-electron chi connectivity index (χ3n) is 5.67. The van der Waals surface area contributed by atoms with E-state index in [0.29, 0.717) is 30.5 Å². The molecular weight excluding hydrogens is 392 g/mol. The first-order valence-electron chi connectivity index (χ1n) is 10.9. The lowest BCUT2D eigenvalue weighted by Crippen LogP contribution is -2.32. The number of rotatable bonds is 9. The number of benzene rings is 2. The number of hydrogen-bond donors (Lipinski definition) is 2. The fourth-order valence-electron chi connectivity index (χ4n) is 3.91. The number of nitrogens with zero attached hydrogens (tertiary/aromatic N) is 1. The molecule has 0 bridgehead atoms. The number of ether oxygens (including phenoxy) is 2. The van der Waals surface area contributed by atoms with Gasteiger partial charge in [0, 0.05) is 29.4 Å². The van der Waals surface area contributed by atoms with Crippen LogP contribution >= 0.6 is 0 Å². The summed E-state index contributed by atoms with van der Waals surface area (Å²) in [6, 6.07) is 14.3. The first-order chi connectivity index (χ1) is 15.0. The summed E-state index contributed by atoms with van der Waals surface area (Å²) >= 11 is 0. The monoisotopic (exact) mass is 422 g/mol. The average molecular weight is 423 g/mol. The number of aliphatic hydroxyl groups is 1. The Labute approximate surface area is 182 Å². The minimum atomic E-state index is -0.584. The molecule has 1 fully saturated rings. The topological polar surface area (TPSA) is 72.7 Å². The number of aromatic nitrogens is 1. The second-order valence-corrected chi connectivity index (χ2v) is 8.13. The molecule has 1 aliphatic carbocycles. The molecule has 3 aromatic rings. The molecule has 0 saturated heterocycles. The molecule has 31 heavy (non-hydrogen) atoms. The molecule has 2 aromatic carbocycles. The van der Waals surface area contributed by atoms with Gasteiger partial charge in [0.25, 0.3) is 0 Å². The average Bonchev–Trinajstić information content (AvgIpc) is 3.54. The number of nitrogens with one attached hydrogen (secondary N) is 1. The maximum absolute atomic E-state index is 12.8. The Balaban J connectivity index is 1.68. The van der Waals surface area contributed by atoms with E-state index in [9.17, 15) is 9.90 Å². The highest BCUT2D eigenvalue weighted by Gasteiger charge is 2.24. The minimum absolute atomic E-state index is 0.192. The van der Waals surface area contributed by atoms with Crippen LogP contribution < -0.4 is 10.1 Å². The van der Waals surface area contributed by atoms with Crippen molar-refractivity contribution in [2.45, 2.75) is 45.8 Å². The Morgan fingerprint density at radius 1 is 1.23 bits per heavy atom. The lowest BCUT2D eigenvalue weighted by molar-refractivity contribution is 0.0527. The zero-order valence-corrected chi connectivity index (χ0v) is 18.4. The predicted octanol–water partition coefficient (Wildman–Crippen LogP) is 3.92. The summed E-state index contributed by atoms with van der Waals surface area (Å²) in [5, 5.41) is 14.3. The summed E-state index contributed by atoms with van der Waals surface area (Å²) in [4.78, 5) is 12.8. The van der Waals surface area contributed by atoms with Crippen LogP contribution in [0.4, 0.5) is 0 Å². The van der Waals surface area contributed by atoms with Crippen molar-refractivity contribution in [3.05, 3.63) is 59.3 Å². The van der Waals surface area contributed by atoms with Gasteiger partial charge >= 0.3 is 5.97 Å². The van der Waals surface area contributed by atoms with Crippen LogP contribution in [0.1, 0.15) is 41.4 Å². The number of para-hydroxylation sites is 1. The molecule has 0 radical (unpaired) electrons. The number of carbonyl (C=O) groups excluding carboxylic acids is 1. The van der Waals surface area contributed by atoms with E-state index in [-0.39, 0.29) is 12.6 Å². The molecule has 1 atom stereocenters. The van der Waals surface area contributed by atoms with Gasteiger partial charge in [-0.2, -0.15) is 0 Å². The van der Waals surface area contributed by atoms with Gasteiger partial charge in [0.2, 0.25) is 0 Å². The molecule has 6 heteroatoms. The van der Waals surface area contributed by atoms with E-state index < -0.39 is 6.10 Å². The molecule has 0 amide bonds. The van der Waals surface area contributed by atoms with E-state index in [1.807, 2.05) is 43.3 Å². The highest BCUT2D eigenvalue weighted by molar-refractivity contribution is 6.07. The van der Waals surface area contributed by atoms with Gasteiger partial charge in [0.15, 0.2) is 0 Å². The van der Waals surface area contributed by atoms with Gasteiger partial charge in [-0.25, -0.2) is 4.79 Å². The Bertz CT molecular complexity index is 1080. The summed E-state index contributed by atoms with van der Waals surface area (Å²) in [6.07, 6.45) is 1.77. The predicted molar refractivity (Wildman–Crippen MR) is 121 cm³/mol. The zero-order chi connectivity index (χ0) is 22.0. The maximum Gasteiger partial charge on any atom is 0.340 e. The summed E-state index contributed by atoms with van der Waals surface area (Å²) in [7, 11) is 0. The minimum Gasteiger partial charge on any atom is -0.491 e. The van der Waals surface area contributed by atoms with E-state index in [0.717, 1.165) is 27.8 Å². The maximum atomic E-state index is 12.8. The van der Waals surface area contributed by atoms with Gasteiger partial charge in [0.1, 0.15) is 18.5 Å². The van der Waals surface area contributed by atoms with Gasteiger partial charge in [0.05, 0.1) is 17.7 Å². The second-order valence-electron chi connectivity index (χ2n) is 8.13.